The Balaban J connectivity index is 1.50. The van der Waals surface area contributed by atoms with Gasteiger partial charge in [0.1, 0.15) is 18.2 Å². The van der Waals surface area contributed by atoms with Crippen molar-refractivity contribution in [2.75, 3.05) is 6.61 Å². The van der Waals surface area contributed by atoms with Gasteiger partial charge in [-0.3, -0.25) is 4.79 Å². The standard InChI is InChI=1S/C33H38N2O6/c1-21(41-32(2,3)4)28(29(36)35-33(5,30(37)38)19-22-13-7-6-8-14-22)34-31(39)40-20-27-25-17-11-9-15-23(25)24-16-10-12-18-26(24)27/h6-18,21,27-28H,19-20H2,1-5H3,(H,34,39)(H,35,36)(H,37,38)/t21-,28-,33+/m1/s1. The molecule has 0 spiro atoms. The first kappa shape index (κ1) is 29.8. The van der Waals surface area contributed by atoms with E-state index in [0.717, 1.165) is 27.8 Å². The summed E-state index contributed by atoms with van der Waals surface area (Å²) in [7, 11) is 0. The van der Waals surface area contributed by atoms with Gasteiger partial charge in [-0.2, -0.15) is 0 Å². The molecule has 0 fully saturated rings. The molecule has 41 heavy (non-hydrogen) atoms. The summed E-state index contributed by atoms with van der Waals surface area (Å²) in [6.45, 7) is 8.69. The number of fused-ring (bicyclic) bond motifs is 3. The van der Waals surface area contributed by atoms with E-state index in [9.17, 15) is 19.5 Å². The van der Waals surface area contributed by atoms with Crippen LogP contribution in [-0.2, 0) is 25.5 Å². The third kappa shape index (κ3) is 7.13. The molecule has 0 unspecified atom stereocenters. The number of carbonyl (C=O) groups is 3. The van der Waals surface area contributed by atoms with Crippen LogP contribution in [0.4, 0.5) is 4.79 Å². The van der Waals surface area contributed by atoms with Crippen molar-refractivity contribution in [2.45, 2.75) is 70.2 Å². The summed E-state index contributed by atoms with van der Waals surface area (Å²) in [6, 6.07) is 23.9. The minimum absolute atomic E-state index is 0.0566. The fourth-order valence-electron chi connectivity index (χ4n) is 5.32. The number of nitrogens with one attached hydrogen (secondary N) is 2. The van der Waals surface area contributed by atoms with Crippen molar-refractivity contribution in [1.29, 1.82) is 0 Å². The van der Waals surface area contributed by atoms with Crippen LogP contribution in [0.3, 0.4) is 0 Å². The molecule has 2 amide bonds. The fourth-order valence-corrected chi connectivity index (χ4v) is 5.32. The van der Waals surface area contributed by atoms with Crippen LogP contribution in [0.15, 0.2) is 78.9 Å². The van der Waals surface area contributed by atoms with Crippen LogP contribution in [0.1, 0.15) is 57.2 Å². The Bertz CT molecular complexity index is 1350. The number of rotatable bonds is 10. The van der Waals surface area contributed by atoms with Gasteiger partial charge in [-0.1, -0.05) is 78.9 Å². The predicted molar refractivity (Wildman–Crippen MR) is 157 cm³/mol. The molecule has 3 aromatic carbocycles. The number of carbonyl (C=O) groups excluding carboxylic acids is 2. The van der Waals surface area contributed by atoms with Crippen LogP contribution in [0.2, 0.25) is 0 Å². The SMILES string of the molecule is C[C@@H](OC(C)(C)C)[C@@H](NC(=O)OCC1c2ccccc2-c2ccccc21)C(=O)N[C@@](C)(Cc1ccccc1)C(=O)O. The molecule has 8 nitrogen and oxygen atoms in total. The topological polar surface area (TPSA) is 114 Å². The average molecular weight is 559 g/mol. The number of amides is 2. The van der Waals surface area contributed by atoms with E-state index < -0.39 is 41.3 Å². The van der Waals surface area contributed by atoms with Crippen LogP contribution < -0.4 is 10.6 Å². The second kappa shape index (κ2) is 12.1. The van der Waals surface area contributed by atoms with Crippen molar-refractivity contribution in [3.63, 3.8) is 0 Å². The Morgan fingerprint density at radius 3 is 1.93 bits per heavy atom. The lowest BCUT2D eigenvalue weighted by atomic mass is 9.92. The zero-order valence-corrected chi connectivity index (χ0v) is 24.1. The van der Waals surface area contributed by atoms with Gasteiger partial charge >= 0.3 is 12.1 Å². The highest BCUT2D eigenvalue weighted by atomic mass is 16.6. The Hall–Kier alpha value is -4.17. The van der Waals surface area contributed by atoms with E-state index in [2.05, 4.69) is 22.8 Å². The van der Waals surface area contributed by atoms with Crippen molar-refractivity contribution in [2.24, 2.45) is 0 Å². The molecule has 0 bridgehead atoms. The zero-order valence-electron chi connectivity index (χ0n) is 24.1. The molecule has 0 heterocycles. The predicted octanol–water partition coefficient (Wildman–Crippen LogP) is 5.30. The first-order valence-corrected chi connectivity index (χ1v) is 13.8. The minimum atomic E-state index is -1.62. The van der Waals surface area contributed by atoms with Gasteiger partial charge in [0, 0.05) is 12.3 Å². The lowest BCUT2D eigenvalue weighted by molar-refractivity contribution is -0.148. The summed E-state index contributed by atoms with van der Waals surface area (Å²) in [5.41, 5.74) is 2.84. The largest absolute Gasteiger partial charge is 0.480 e. The highest BCUT2D eigenvalue weighted by Gasteiger charge is 2.40. The number of ether oxygens (including phenoxy) is 2. The van der Waals surface area contributed by atoms with Crippen LogP contribution in [-0.4, -0.2) is 53.0 Å². The van der Waals surface area contributed by atoms with E-state index in [4.69, 9.17) is 9.47 Å². The molecule has 3 N–H and O–H groups in total. The number of benzene rings is 3. The molecule has 0 saturated heterocycles. The number of alkyl carbamates (subject to hydrolysis) is 1. The Labute approximate surface area is 241 Å². The third-order valence-electron chi connectivity index (χ3n) is 7.18. The maximum absolute atomic E-state index is 13.6. The minimum Gasteiger partial charge on any atom is -0.480 e. The van der Waals surface area contributed by atoms with Crippen LogP contribution in [0.5, 0.6) is 0 Å². The van der Waals surface area contributed by atoms with Crippen molar-refractivity contribution in [3.8, 4) is 11.1 Å². The third-order valence-corrected chi connectivity index (χ3v) is 7.18. The summed E-state index contributed by atoms with van der Waals surface area (Å²) < 4.78 is 11.7. The molecule has 3 atom stereocenters. The fraction of sp³-hybridized carbons (Fsp3) is 0.364. The quantitative estimate of drug-likeness (QED) is 0.311. The molecule has 1 aliphatic rings. The monoisotopic (exact) mass is 558 g/mol. The van der Waals surface area contributed by atoms with Crippen molar-refractivity contribution in [3.05, 3.63) is 95.6 Å². The normalized spacial score (nSPS) is 15.5. The second-order valence-corrected chi connectivity index (χ2v) is 11.7. The van der Waals surface area contributed by atoms with Crippen LogP contribution in [0, 0.1) is 0 Å². The summed E-state index contributed by atoms with van der Waals surface area (Å²) in [5.74, 6) is -2.03. The van der Waals surface area contributed by atoms with Crippen LogP contribution >= 0.6 is 0 Å². The van der Waals surface area contributed by atoms with Crippen molar-refractivity contribution in [1.82, 2.24) is 10.6 Å². The van der Waals surface area contributed by atoms with Gasteiger partial charge in [0.15, 0.2) is 0 Å². The summed E-state index contributed by atoms with van der Waals surface area (Å²) in [5, 5.41) is 15.3. The average Bonchev–Trinajstić information content (AvgIpc) is 3.23. The summed E-state index contributed by atoms with van der Waals surface area (Å²) >= 11 is 0. The number of hydrogen-bond donors (Lipinski definition) is 3. The Morgan fingerprint density at radius 1 is 0.854 bits per heavy atom. The number of carboxylic acids is 1. The van der Waals surface area contributed by atoms with Gasteiger partial charge in [0.25, 0.3) is 0 Å². The van der Waals surface area contributed by atoms with Gasteiger partial charge in [0.2, 0.25) is 5.91 Å². The first-order valence-electron chi connectivity index (χ1n) is 13.8. The molecule has 0 aromatic heterocycles. The highest BCUT2D eigenvalue weighted by Crippen LogP contribution is 2.44. The van der Waals surface area contributed by atoms with Gasteiger partial charge in [-0.05, 0) is 62.4 Å². The molecule has 0 aliphatic heterocycles. The molecule has 8 heteroatoms. The van der Waals surface area contributed by atoms with Crippen LogP contribution in [0.25, 0.3) is 11.1 Å². The summed E-state index contributed by atoms with van der Waals surface area (Å²) in [4.78, 5) is 39.0. The van der Waals surface area contributed by atoms with Gasteiger partial charge in [-0.15, -0.1) is 0 Å². The maximum Gasteiger partial charge on any atom is 0.407 e. The Kier molecular flexibility index (Phi) is 8.83. The van der Waals surface area contributed by atoms with E-state index in [-0.39, 0.29) is 18.9 Å². The van der Waals surface area contributed by atoms with E-state index >= 15 is 0 Å². The van der Waals surface area contributed by atoms with E-state index in [1.807, 2.05) is 63.2 Å². The lowest BCUT2D eigenvalue weighted by Gasteiger charge is -2.33. The smallest absolute Gasteiger partial charge is 0.407 e. The molecule has 3 aromatic rings. The molecule has 4 rings (SSSR count). The van der Waals surface area contributed by atoms with Gasteiger partial charge in [0.05, 0.1) is 11.7 Å². The lowest BCUT2D eigenvalue weighted by Crippen LogP contribution is -2.62. The molecular formula is C33H38N2O6. The molecular weight excluding hydrogens is 520 g/mol. The molecule has 1 aliphatic carbocycles. The summed E-state index contributed by atoms with van der Waals surface area (Å²) in [6.07, 6.45) is -1.53. The van der Waals surface area contributed by atoms with Gasteiger partial charge < -0.3 is 25.2 Å². The maximum atomic E-state index is 13.6. The molecule has 216 valence electrons. The second-order valence-electron chi connectivity index (χ2n) is 11.7. The van der Waals surface area contributed by atoms with E-state index in [1.165, 1.54) is 6.92 Å². The zero-order chi connectivity index (χ0) is 29.8. The van der Waals surface area contributed by atoms with Crippen molar-refractivity contribution < 1.29 is 29.0 Å². The molecule has 0 radical (unpaired) electrons. The first-order chi connectivity index (χ1) is 19.4. The van der Waals surface area contributed by atoms with Crippen molar-refractivity contribution >= 4 is 18.0 Å². The molecule has 0 saturated carbocycles. The van der Waals surface area contributed by atoms with E-state index in [0.29, 0.717) is 0 Å². The number of aliphatic carboxylic acids is 1. The number of carboxylic acid groups (broad SMARTS) is 1. The highest BCUT2D eigenvalue weighted by molar-refractivity contribution is 5.91. The Morgan fingerprint density at radius 2 is 1.39 bits per heavy atom. The van der Waals surface area contributed by atoms with Gasteiger partial charge in [-0.25, -0.2) is 9.59 Å². The number of hydrogen-bond acceptors (Lipinski definition) is 5. The van der Waals surface area contributed by atoms with E-state index in [1.54, 1.807) is 31.2 Å².